The largest absolute Gasteiger partial charge is 0.508 e. The average Bonchev–Trinajstić information content (AvgIpc) is 2.19. The Kier molecular flexibility index (Phi) is 2.50. The molecule has 0 saturated carbocycles. The highest BCUT2D eigenvalue weighted by atomic mass is 16.3. The minimum atomic E-state index is -0.195. The Morgan fingerprint density at radius 1 is 1.31 bits per heavy atom. The van der Waals surface area contributed by atoms with Crippen LogP contribution in [-0.4, -0.2) is 23.2 Å². The maximum absolute atomic E-state index is 11.8. The van der Waals surface area contributed by atoms with Gasteiger partial charge in [-0.2, -0.15) is 0 Å². The van der Waals surface area contributed by atoms with Gasteiger partial charge < -0.3 is 10.4 Å². The van der Waals surface area contributed by atoms with Gasteiger partial charge in [-0.05, 0) is 44.5 Å². The van der Waals surface area contributed by atoms with Crippen molar-refractivity contribution in [1.29, 1.82) is 0 Å². The van der Waals surface area contributed by atoms with Gasteiger partial charge in [-0.3, -0.25) is 4.90 Å². The molecule has 1 fully saturated rings. The number of nitrogens with one attached hydrogen (secondary N) is 1. The van der Waals surface area contributed by atoms with E-state index in [4.69, 9.17) is 0 Å². The lowest BCUT2D eigenvalue weighted by Crippen LogP contribution is -2.58. The minimum absolute atomic E-state index is 0.0815. The molecule has 0 atom stereocenters. The molecule has 1 aliphatic rings. The number of benzene rings is 1. The predicted octanol–water partition coefficient (Wildman–Crippen LogP) is 2.09. The van der Waals surface area contributed by atoms with Crippen molar-refractivity contribution < 1.29 is 9.90 Å². The Morgan fingerprint density at radius 3 is 2.50 bits per heavy atom. The molecule has 4 heteroatoms. The summed E-state index contributed by atoms with van der Waals surface area (Å²) in [5.41, 5.74) is 0.610. The fourth-order valence-corrected chi connectivity index (χ4v) is 2.01. The zero-order valence-corrected chi connectivity index (χ0v) is 9.53. The average molecular weight is 220 g/mol. The lowest BCUT2D eigenvalue weighted by Gasteiger charge is -2.42. The second-order valence-electron chi connectivity index (χ2n) is 4.65. The molecule has 0 unspecified atom stereocenters. The normalized spacial score (nSPS) is 19.4. The third kappa shape index (κ3) is 1.83. The van der Waals surface area contributed by atoms with E-state index in [1.54, 1.807) is 29.2 Å². The first kappa shape index (κ1) is 10.8. The number of hydrogen-bond acceptors (Lipinski definition) is 2. The van der Waals surface area contributed by atoms with Crippen molar-refractivity contribution in [3.05, 3.63) is 24.3 Å². The molecule has 1 aliphatic heterocycles. The number of hydrogen-bond donors (Lipinski definition) is 2. The predicted molar refractivity (Wildman–Crippen MR) is 62.7 cm³/mol. The number of amides is 2. The summed E-state index contributed by atoms with van der Waals surface area (Å²) in [4.78, 5) is 13.6. The van der Waals surface area contributed by atoms with Crippen molar-refractivity contribution in [2.75, 3.05) is 11.4 Å². The number of carbonyl (C=O) groups excluding carboxylic acids is 1. The molecule has 1 aromatic carbocycles. The smallest absolute Gasteiger partial charge is 0.322 e. The van der Waals surface area contributed by atoms with Crippen molar-refractivity contribution in [3.63, 3.8) is 0 Å². The highest BCUT2D eigenvalue weighted by Gasteiger charge is 2.35. The van der Waals surface area contributed by atoms with E-state index in [9.17, 15) is 9.90 Å². The maximum atomic E-state index is 11.8. The first-order valence-corrected chi connectivity index (χ1v) is 5.38. The molecule has 4 nitrogen and oxygen atoms in total. The second kappa shape index (κ2) is 3.70. The molecular weight excluding hydrogens is 204 g/mol. The van der Waals surface area contributed by atoms with Gasteiger partial charge in [0.1, 0.15) is 5.75 Å². The Hall–Kier alpha value is -1.71. The summed E-state index contributed by atoms with van der Waals surface area (Å²) in [5.74, 6) is 0.207. The molecule has 0 radical (unpaired) electrons. The van der Waals surface area contributed by atoms with Crippen LogP contribution in [0.25, 0.3) is 0 Å². The van der Waals surface area contributed by atoms with Gasteiger partial charge in [0.2, 0.25) is 0 Å². The van der Waals surface area contributed by atoms with Crippen LogP contribution in [0.2, 0.25) is 0 Å². The van der Waals surface area contributed by atoms with Gasteiger partial charge in [-0.1, -0.05) is 0 Å². The first-order valence-electron chi connectivity index (χ1n) is 5.38. The molecule has 2 amide bonds. The molecule has 2 N–H and O–H groups in total. The fourth-order valence-electron chi connectivity index (χ4n) is 2.01. The molecule has 0 bridgehead atoms. The van der Waals surface area contributed by atoms with E-state index in [0.29, 0.717) is 6.54 Å². The second-order valence-corrected chi connectivity index (χ2v) is 4.65. The Morgan fingerprint density at radius 2 is 1.94 bits per heavy atom. The van der Waals surface area contributed by atoms with Gasteiger partial charge in [0, 0.05) is 17.8 Å². The van der Waals surface area contributed by atoms with E-state index in [-0.39, 0.29) is 17.3 Å². The number of urea groups is 1. The monoisotopic (exact) mass is 220 g/mol. The van der Waals surface area contributed by atoms with Crippen LogP contribution in [0.3, 0.4) is 0 Å². The van der Waals surface area contributed by atoms with Gasteiger partial charge in [-0.15, -0.1) is 0 Å². The lowest BCUT2D eigenvalue weighted by molar-refractivity contribution is 0.230. The maximum Gasteiger partial charge on any atom is 0.322 e. The number of aromatic hydroxyl groups is 1. The van der Waals surface area contributed by atoms with Crippen LogP contribution in [0.5, 0.6) is 5.75 Å². The molecule has 0 aromatic heterocycles. The number of nitrogens with zero attached hydrogens (tertiary/aromatic N) is 1. The van der Waals surface area contributed by atoms with E-state index in [1.807, 2.05) is 13.8 Å². The SMILES string of the molecule is CC1(C)CCNC(=O)N1c1ccc(O)cc1. The van der Waals surface area contributed by atoms with Crippen LogP contribution >= 0.6 is 0 Å². The number of phenols is 1. The lowest BCUT2D eigenvalue weighted by atomic mass is 9.95. The third-order valence-corrected chi connectivity index (χ3v) is 2.93. The summed E-state index contributed by atoms with van der Waals surface area (Å²) in [6.07, 6.45) is 0.902. The van der Waals surface area contributed by atoms with Crippen LogP contribution in [0.4, 0.5) is 10.5 Å². The van der Waals surface area contributed by atoms with Crippen molar-refractivity contribution in [2.24, 2.45) is 0 Å². The third-order valence-electron chi connectivity index (χ3n) is 2.93. The summed E-state index contributed by atoms with van der Waals surface area (Å²) < 4.78 is 0. The van der Waals surface area contributed by atoms with E-state index >= 15 is 0 Å². The molecular formula is C12H16N2O2. The molecule has 2 rings (SSSR count). The zero-order valence-electron chi connectivity index (χ0n) is 9.53. The van der Waals surface area contributed by atoms with Crippen molar-refractivity contribution >= 4 is 11.7 Å². The minimum Gasteiger partial charge on any atom is -0.508 e. The van der Waals surface area contributed by atoms with Gasteiger partial charge in [0.25, 0.3) is 0 Å². The van der Waals surface area contributed by atoms with E-state index in [2.05, 4.69) is 5.32 Å². The zero-order chi connectivity index (χ0) is 11.8. The van der Waals surface area contributed by atoms with Crippen molar-refractivity contribution in [1.82, 2.24) is 5.32 Å². The number of phenolic OH excluding ortho intramolecular Hbond substituents is 1. The molecule has 0 spiro atoms. The quantitative estimate of drug-likeness (QED) is 0.761. The summed E-state index contributed by atoms with van der Waals surface area (Å²) in [6.45, 7) is 4.79. The van der Waals surface area contributed by atoms with Crippen LogP contribution in [-0.2, 0) is 0 Å². The van der Waals surface area contributed by atoms with Crippen LogP contribution in [0, 0.1) is 0 Å². The molecule has 0 aliphatic carbocycles. The Bertz CT molecular complexity index is 398. The first-order chi connectivity index (χ1) is 7.50. The summed E-state index contributed by atoms with van der Waals surface area (Å²) >= 11 is 0. The summed E-state index contributed by atoms with van der Waals surface area (Å²) in [5, 5.41) is 12.1. The highest BCUT2D eigenvalue weighted by Crippen LogP contribution is 2.29. The van der Waals surface area contributed by atoms with E-state index in [0.717, 1.165) is 12.1 Å². The number of carbonyl (C=O) groups is 1. The van der Waals surface area contributed by atoms with E-state index in [1.165, 1.54) is 0 Å². The molecule has 1 heterocycles. The number of anilines is 1. The fraction of sp³-hybridized carbons (Fsp3) is 0.417. The van der Waals surface area contributed by atoms with E-state index < -0.39 is 0 Å². The summed E-state index contributed by atoms with van der Waals surface area (Å²) in [7, 11) is 0. The Labute approximate surface area is 94.9 Å². The standard InChI is InChI=1S/C12H16N2O2/c1-12(2)7-8-13-11(16)14(12)9-3-5-10(15)6-4-9/h3-6,15H,7-8H2,1-2H3,(H,13,16). The van der Waals surface area contributed by atoms with Crippen LogP contribution in [0.1, 0.15) is 20.3 Å². The molecule has 1 aromatic rings. The van der Waals surface area contributed by atoms with Crippen molar-refractivity contribution in [3.8, 4) is 5.75 Å². The Balaban J connectivity index is 2.36. The van der Waals surface area contributed by atoms with Crippen LogP contribution in [0.15, 0.2) is 24.3 Å². The molecule has 86 valence electrons. The van der Waals surface area contributed by atoms with Crippen LogP contribution < -0.4 is 10.2 Å². The molecule has 16 heavy (non-hydrogen) atoms. The van der Waals surface area contributed by atoms with Gasteiger partial charge in [0.05, 0.1) is 0 Å². The van der Waals surface area contributed by atoms with Crippen molar-refractivity contribution in [2.45, 2.75) is 25.8 Å². The highest BCUT2D eigenvalue weighted by molar-refractivity contribution is 5.94. The molecule has 1 saturated heterocycles. The number of rotatable bonds is 1. The van der Waals surface area contributed by atoms with Gasteiger partial charge in [0.15, 0.2) is 0 Å². The van der Waals surface area contributed by atoms with Gasteiger partial charge in [-0.25, -0.2) is 4.79 Å². The topological polar surface area (TPSA) is 52.6 Å². The van der Waals surface area contributed by atoms with Gasteiger partial charge >= 0.3 is 6.03 Å². The summed E-state index contributed by atoms with van der Waals surface area (Å²) in [6, 6.07) is 6.60.